The molecule has 1 aromatic carbocycles. The van der Waals surface area contributed by atoms with Gasteiger partial charge in [-0.15, -0.1) is 0 Å². The summed E-state index contributed by atoms with van der Waals surface area (Å²) in [6.45, 7) is 2.91. The number of phenols is 1. The standard InChI is InChI=1S/C14H19BrN2O2/c1-16-6-5-10(8-16)9-17(2)14(19)11-3-4-12(15)13(18)7-11/h3-4,7,10,18H,5-6,8-9H2,1-2H3. The van der Waals surface area contributed by atoms with Gasteiger partial charge < -0.3 is 14.9 Å². The first-order chi connectivity index (χ1) is 8.97. The highest BCUT2D eigenvalue weighted by Gasteiger charge is 2.23. The summed E-state index contributed by atoms with van der Waals surface area (Å²) < 4.78 is 0.601. The van der Waals surface area contributed by atoms with Gasteiger partial charge in [-0.2, -0.15) is 0 Å². The molecule has 0 saturated carbocycles. The van der Waals surface area contributed by atoms with Crippen LogP contribution in [0.2, 0.25) is 0 Å². The lowest BCUT2D eigenvalue weighted by molar-refractivity contribution is 0.0773. The molecule has 2 rings (SSSR count). The van der Waals surface area contributed by atoms with Crippen LogP contribution < -0.4 is 0 Å². The minimum absolute atomic E-state index is 0.0441. The normalized spacial score (nSPS) is 19.6. The molecule has 1 aliphatic heterocycles. The van der Waals surface area contributed by atoms with E-state index in [9.17, 15) is 9.90 Å². The van der Waals surface area contributed by atoms with E-state index >= 15 is 0 Å². The molecule has 5 heteroatoms. The lowest BCUT2D eigenvalue weighted by Crippen LogP contribution is -2.32. The van der Waals surface area contributed by atoms with Crippen LogP contribution in [0.25, 0.3) is 0 Å². The van der Waals surface area contributed by atoms with E-state index in [0.29, 0.717) is 16.0 Å². The van der Waals surface area contributed by atoms with Crippen molar-refractivity contribution < 1.29 is 9.90 Å². The van der Waals surface area contributed by atoms with Crippen LogP contribution in [0, 0.1) is 5.92 Å². The van der Waals surface area contributed by atoms with Crippen LogP contribution in [0.4, 0.5) is 0 Å². The third-order valence-corrected chi connectivity index (χ3v) is 4.23. The van der Waals surface area contributed by atoms with Crippen LogP contribution in [0.15, 0.2) is 22.7 Å². The number of hydrogen-bond acceptors (Lipinski definition) is 3. The van der Waals surface area contributed by atoms with Crippen LogP contribution in [-0.2, 0) is 0 Å². The van der Waals surface area contributed by atoms with Crippen molar-refractivity contribution in [1.29, 1.82) is 0 Å². The Hall–Kier alpha value is -1.07. The Bertz CT molecular complexity index is 479. The average molecular weight is 327 g/mol. The molecular formula is C14H19BrN2O2. The molecule has 4 nitrogen and oxygen atoms in total. The summed E-state index contributed by atoms with van der Waals surface area (Å²) in [6, 6.07) is 4.92. The number of carbonyl (C=O) groups excluding carboxylic acids is 1. The Balaban J connectivity index is 2.00. The summed E-state index contributed by atoms with van der Waals surface area (Å²) in [4.78, 5) is 16.3. The molecule has 1 aliphatic rings. The van der Waals surface area contributed by atoms with Crippen molar-refractivity contribution >= 4 is 21.8 Å². The monoisotopic (exact) mass is 326 g/mol. The molecular weight excluding hydrogens is 308 g/mol. The second-order valence-electron chi connectivity index (χ2n) is 5.27. The lowest BCUT2D eigenvalue weighted by Gasteiger charge is -2.21. The second-order valence-corrected chi connectivity index (χ2v) is 6.12. The van der Waals surface area contributed by atoms with Crippen molar-refractivity contribution in [2.75, 3.05) is 33.7 Å². The SMILES string of the molecule is CN1CCC(CN(C)C(=O)c2ccc(Br)c(O)c2)C1. The van der Waals surface area contributed by atoms with E-state index in [1.165, 1.54) is 6.07 Å². The first-order valence-electron chi connectivity index (χ1n) is 6.40. The number of rotatable bonds is 3. The molecule has 0 aliphatic carbocycles. The Morgan fingerprint density at radius 3 is 2.89 bits per heavy atom. The average Bonchev–Trinajstić information content (AvgIpc) is 2.77. The van der Waals surface area contributed by atoms with E-state index in [-0.39, 0.29) is 11.7 Å². The van der Waals surface area contributed by atoms with Gasteiger partial charge >= 0.3 is 0 Å². The molecule has 1 aromatic rings. The molecule has 1 N–H and O–H groups in total. The fourth-order valence-corrected chi connectivity index (χ4v) is 2.76. The molecule has 104 valence electrons. The van der Waals surface area contributed by atoms with E-state index < -0.39 is 0 Å². The van der Waals surface area contributed by atoms with Gasteiger partial charge in [-0.05, 0) is 60.1 Å². The minimum Gasteiger partial charge on any atom is -0.507 e. The second kappa shape index (κ2) is 5.92. The Labute approximate surface area is 122 Å². The van der Waals surface area contributed by atoms with E-state index in [1.807, 2.05) is 7.05 Å². The molecule has 1 heterocycles. The topological polar surface area (TPSA) is 43.8 Å². The quantitative estimate of drug-likeness (QED) is 0.925. The van der Waals surface area contributed by atoms with Gasteiger partial charge in [0, 0.05) is 25.7 Å². The number of likely N-dealkylation sites (tertiary alicyclic amines) is 1. The van der Waals surface area contributed by atoms with Gasteiger partial charge in [-0.25, -0.2) is 0 Å². The molecule has 1 saturated heterocycles. The number of benzene rings is 1. The molecule has 1 amide bonds. The van der Waals surface area contributed by atoms with Crippen molar-refractivity contribution in [3.8, 4) is 5.75 Å². The van der Waals surface area contributed by atoms with E-state index in [0.717, 1.165) is 26.1 Å². The summed E-state index contributed by atoms with van der Waals surface area (Å²) in [6.07, 6.45) is 1.14. The molecule has 0 spiro atoms. The van der Waals surface area contributed by atoms with E-state index in [4.69, 9.17) is 0 Å². The highest BCUT2D eigenvalue weighted by atomic mass is 79.9. The number of amides is 1. The van der Waals surface area contributed by atoms with Gasteiger partial charge in [0.1, 0.15) is 5.75 Å². The zero-order valence-electron chi connectivity index (χ0n) is 11.3. The fraction of sp³-hybridized carbons (Fsp3) is 0.500. The smallest absolute Gasteiger partial charge is 0.253 e. The van der Waals surface area contributed by atoms with Crippen LogP contribution >= 0.6 is 15.9 Å². The largest absolute Gasteiger partial charge is 0.507 e. The van der Waals surface area contributed by atoms with Crippen LogP contribution in [0.5, 0.6) is 5.75 Å². The van der Waals surface area contributed by atoms with Crippen molar-refractivity contribution in [3.05, 3.63) is 28.2 Å². The Morgan fingerprint density at radius 2 is 2.32 bits per heavy atom. The van der Waals surface area contributed by atoms with Crippen molar-refractivity contribution in [2.24, 2.45) is 5.92 Å². The van der Waals surface area contributed by atoms with Crippen LogP contribution in [0.1, 0.15) is 16.8 Å². The van der Waals surface area contributed by atoms with Crippen LogP contribution in [0.3, 0.4) is 0 Å². The Morgan fingerprint density at radius 1 is 1.58 bits per heavy atom. The number of halogens is 1. The summed E-state index contributed by atoms with van der Waals surface area (Å²) >= 11 is 3.21. The van der Waals surface area contributed by atoms with Gasteiger partial charge in [0.25, 0.3) is 5.91 Å². The van der Waals surface area contributed by atoms with Gasteiger partial charge in [0.05, 0.1) is 4.47 Å². The Kier molecular flexibility index (Phi) is 4.47. The van der Waals surface area contributed by atoms with Gasteiger partial charge in [0.15, 0.2) is 0 Å². The van der Waals surface area contributed by atoms with E-state index in [1.54, 1.807) is 17.0 Å². The van der Waals surface area contributed by atoms with Crippen molar-refractivity contribution in [2.45, 2.75) is 6.42 Å². The number of carbonyl (C=O) groups is 1. The maximum atomic E-state index is 12.3. The van der Waals surface area contributed by atoms with Crippen LogP contribution in [-0.4, -0.2) is 54.5 Å². The third-order valence-electron chi connectivity index (χ3n) is 3.56. The number of nitrogens with zero attached hydrogens (tertiary/aromatic N) is 2. The predicted molar refractivity (Wildman–Crippen MR) is 78.4 cm³/mol. The maximum Gasteiger partial charge on any atom is 0.253 e. The molecule has 0 bridgehead atoms. The molecule has 1 fully saturated rings. The number of aromatic hydroxyl groups is 1. The molecule has 19 heavy (non-hydrogen) atoms. The van der Waals surface area contributed by atoms with Gasteiger partial charge in [-0.1, -0.05) is 0 Å². The van der Waals surface area contributed by atoms with E-state index in [2.05, 4.69) is 27.9 Å². The van der Waals surface area contributed by atoms with Gasteiger partial charge in [0.2, 0.25) is 0 Å². The minimum atomic E-state index is -0.0441. The summed E-state index contributed by atoms with van der Waals surface area (Å²) in [5.74, 6) is 0.597. The first-order valence-corrected chi connectivity index (χ1v) is 7.19. The molecule has 1 atom stereocenters. The third kappa shape index (κ3) is 3.48. The van der Waals surface area contributed by atoms with Crippen molar-refractivity contribution in [1.82, 2.24) is 9.80 Å². The zero-order chi connectivity index (χ0) is 14.0. The highest BCUT2D eigenvalue weighted by Crippen LogP contribution is 2.25. The molecule has 1 unspecified atom stereocenters. The lowest BCUT2D eigenvalue weighted by atomic mass is 10.1. The van der Waals surface area contributed by atoms with Crippen molar-refractivity contribution in [3.63, 3.8) is 0 Å². The predicted octanol–water partition coefficient (Wildman–Crippen LogP) is 2.18. The number of phenolic OH excluding ortho intramolecular Hbond substituents is 1. The summed E-state index contributed by atoms with van der Waals surface area (Å²) in [5, 5.41) is 9.63. The molecule has 0 aromatic heterocycles. The molecule has 0 radical (unpaired) electrons. The number of hydrogen-bond donors (Lipinski definition) is 1. The first kappa shape index (κ1) is 14.3. The fourth-order valence-electron chi connectivity index (χ4n) is 2.51. The zero-order valence-corrected chi connectivity index (χ0v) is 12.9. The van der Waals surface area contributed by atoms with Gasteiger partial charge in [-0.3, -0.25) is 4.79 Å². The maximum absolute atomic E-state index is 12.3. The highest BCUT2D eigenvalue weighted by molar-refractivity contribution is 9.10. The summed E-state index contributed by atoms with van der Waals surface area (Å²) in [7, 11) is 3.92. The summed E-state index contributed by atoms with van der Waals surface area (Å²) in [5.41, 5.74) is 0.523.